The highest BCUT2D eigenvalue weighted by molar-refractivity contribution is 7.98. The summed E-state index contributed by atoms with van der Waals surface area (Å²) in [6.45, 7) is 12.2. The molecule has 0 bridgehead atoms. The van der Waals surface area contributed by atoms with Gasteiger partial charge in [0.2, 0.25) is 22.1 Å². The van der Waals surface area contributed by atoms with Crippen LogP contribution in [0.2, 0.25) is 0 Å². The highest BCUT2D eigenvalue weighted by atomic mass is 32.2. The Bertz CT molecular complexity index is 1660. The Kier molecular flexibility index (Phi) is 11.9. The molecule has 11 heteroatoms. The summed E-state index contributed by atoms with van der Waals surface area (Å²) in [5.41, 5.74) is 3.64. The molecule has 3 atom stereocenters. The number of fused-ring (bicyclic) bond motifs is 1. The highest BCUT2D eigenvalue weighted by Crippen LogP contribution is 2.33. The first-order valence-corrected chi connectivity index (χ1v) is 18.3. The minimum Gasteiger partial charge on any atom is -0.392 e. The fourth-order valence-corrected chi connectivity index (χ4v) is 6.92. The molecule has 1 heterocycles. The Labute approximate surface area is 284 Å². The van der Waals surface area contributed by atoms with E-state index in [1.54, 1.807) is 35.7 Å². The Hall–Kier alpha value is -3.22. The summed E-state index contributed by atoms with van der Waals surface area (Å²) in [6.07, 6.45) is 8.07. The van der Waals surface area contributed by atoms with Gasteiger partial charge < -0.3 is 26.0 Å². The molecule has 1 aliphatic carbocycles. The zero-order valence-electron chi connectivity index (χ0n) is 28.4. The molecule has 2 aliphatic rings. The summed E-state index contributed by atoms with van der Waals surface area (Å²) >= 11 is 1.65. The van der Waals surface area contributed by atoms with Gasteiger partial charge >= 0.3 is 0 Å². The monoisotopic (exact) mass is 680 g/mol. The van der Waals surface area contributed by atoms with Gasteiger partial charge in [-0.3, -0.25) is 9.59 Å². The first-order valence-electron chi connectivity index (χ1n) is 16.0. The molecule has 0 saturated carbocycles. The molecule has 4 N–H and O–H groups in total. The molecule has 47 heavy (non-hydrogen) atoms. The maximum absolute atomic E-state index is 14.1. The summed E-state index contributed by atoms with van der Waals surface area (Å²) in [5.74, 6) is -0.394. The largest absolute Gasteiger partial charge is 0.392 e. The molecule has 0 spiro atoms. The zero-order valence-corrected chi connectivity index (χ0v) is 30.0. The predicted molar refractivity (Wildman–Crippen MR) is 192 cm³/mol. The number of amides is 2. The lowest BCUT2D eigenvalue weighted by Gasteiger charge is -2.31. The predicted octanol–water partition coefficient (Wildman–Crippen LogP) is 4.27. The number of nitrogens with one attached hydrogen (secondary N) is 3. The number of benzene rings is 2. The molecule has 2 amide bonds. The molecule has 0 saturated heterocycles. The van der Waals surface area contributed by atoms with Gasteiger partial charge in [-0.25, -0.2) is 0 Å². The Balaban J connectivity index is 1.59. The second kappa shape index (κ2) is 15.3. The second-order valence-electron chi connectivity index (χ2n) is 14.0. The number of anilines is 1. The number of aryl methyl sites for hydroxylation is 1. The van der Waals surface area contributed by atoms with Crippen molar-refractivity contribution >= 4 is 50.0 Å². The van der Waals surface area contributed by atoms with Gasteiger partial charge in [-0.2, -0.15) is 8.42 Å². The van der Waals surface area contributed by atoms with E-state index in [9.17, 15) is 23.1 Å². The molecule has 1 aliphatic heterocycles. The Morgan fingerprint density at radius 3 is 2.43 bits per heavy atom. The summed E-state index contributed by atoms with van der Waals surface area (Å²) in [5, 5.41) is 19.3. The maximum atomic E-state index is 14.1. The van der Waals surface area contributed by atoms with E-state index >= 15 is 0 Å². The number of aliphatic hydroxyl groups is 1. The van der Waals surface area contributed by atoms with E-state index in [2.05, 4.69) is 22.0 Å². The van der Waals surface area contributed by atoms with Crippen LogP contribution in [0.3, 0.4) is 0 Å². The van der Waals surface area contributed by atoms with Gasteiger partial charge in [-0.1, -0.05) is 36.4 Å². The third-order valence-electron chi connectivity index (χ3n) is 8.19. The van der Waals surface area contributed by atoms with Gasteiger partial charge in [-0.15, -0.1) is 11.8 Å². The number of allylic oxidation sites excluding steroid dienone is 2. The number of rotatable bonds is 11. The lowest BCUT2D eigenvalue weighted by molar-refractivity contribution is -0.128. The van der Waals surface area contributed by atoms with E-state index in [0.29, 0.717) is 25.9 Å². The lowest BCUT2D eigenvalue weighted by Crippen LogP contribution is -2.51. The average molecular weight is 681 g/mol. The molecule has 0 fully saturated rings. The number of nitrogens with zero attached hydrogens (tertiary/aromatic N) is 1. The van der Waals surface area contributed by atoms with Crippen LogP contribution in [-0.2, 0) is 32.8 Å². The third kappa shape index (κ3) is 9.90. The molecule has 2 aromatic carbocycles. The first-order chi connectivity index (χ1) is 22.1. The van der Waals surface area contributed by atoms with Gasteiger partial charge in [0, 0.05) is 34.6 Å². The van der Waals surface area contributed by atoms with Crippen molar-refractivity contribution in [2.75, 3.05) is 17.7 Å². The normalized spacial score (nSPS) is 19.1. The molecule has 0 radical (unpaired) electrons. The minimum absolute atomic E-state index is 0.156. The quantitative estimate of drug-likeness (QED) is 0.205. The van der Waals surface area contributed by atoms with E-state index in [1.165, 1.54) is 0 Å². The van der Waals surface area contributed by atoms with Crippen LogP contribution in [0, 0.1) is 0 Å². The van der Waals surface area contributed by atoms with Crippen LogP contribution in [-0.4, -0.2) is 72.3 Å². The maximum Gasteiger partial charge on any atom is 0.249 e. The molecule has 9 nitrogen and oxygen atoms in total. The average Bonchev–Trinajstić information content (AvgIpc) is 3.11. The van der Waals surface area contributed by atoms with Crippen LogP contribution in [0.25, 0.3) is 5.57 Å². The number of carbonyl (C=O) groups is 2. The zero-order chi connectivity index (χ0) is 34.5. The van der Waals surface area contributed by atoms with Crippen molar-refractivity contribution in [3.63, 3.8) is 0 Å². The highest BCUT2D eigenvalue weighted by Gasteiger charge is 2.33. The van der Waals surface area contributed by atoms with Gasteiger partial charge in [-0.05, 0) is 107 Å². The summed E-state index contributed by atoms with van der Waals surface area (Å²) in [4.78, 5) is 30.5. The minimum atomic E-state index is -2.38. The number of hydrogen-bond donors (Lipinski definition) is 4. The number of carbonyl (C=O) groups excluding carboxylic acids is 2. The van der Waals surface area contributed by atoms with Gasteiger partial charge in [0.25, 0.3) is 0 Å². The molecule has 254 valence electrons. The molecule has 4 rings (SSSR count). The molecule has 2 aromatic rings. The standard InChI is InChI=1S/C36H48N4O5S2/c1-23(41)21-37-36(5,6)20-32(42)38-29-17-15-26-19-27(46-7)16-18-30(26)40(34(29)43)22-24-11-13-25(14-12-24)28-9-8-10-31(47(44)45)33(28)39-35(2,3)4/h8-14,16,18-19,23,29,33,37,39,41H,15,17,20-22H2,1-7H3,(H,38,42)/t23-,29-,33?/m1/s1. The topological polar surface area (TPSA) is 128 Å². The van der Waals surface area contributed by atoms with Crippen molar-refractivity contribution < 1.29 is 23.1 Å². The van der Waals surface area contributed by atoms with Crippen LogP contribution in [0.15, 0.2) is 65.6 Å². The Morgan fingerprint density at radius 1 is 1.11 bits per heavy atom. The fourth-order valence-electron chi connectivity index (χ4n) is 5.89. The van der Waals surface area contributed by atoms with E-state index in [-0.39, 0.29) is 28.6 Å². The van der Waals surface area contributed by atoms with Gasteiger partial charge in [0.1, 0.15) is 6.04 Å². The number of thioether (sulfide) groups is 1. The van der Waals surface area contributed by atoms with Crippen LogP contribution in [0.1, 0.15) is 71.1 Å². The van der Waals surface area contributed by atoms with Crippen molar-refractivity contribution in [1.82, 2.24) is 16.0 Å². The molecular weight excluding hydrogens is 633 g/mol. The molecule has 1 unspecified atom stereocenters. The van der Waals surface area contributed by atoms with Crippen LogP contribution < -0.4 is 20.9 Å². The van der Waals surface area contributed by atoms with E-state index in [4.69, 9.17) is 0 Å². The number of aliphatic hydroxyl groups excluding tert-OH is 1. The summed E-state index contributed by atoms with van der Waals surface area (Å²) < 4.78 is 24.2. The first kappa shape index (κ1) is 36.6. The van der Waals surface area contributed by atoms with Gasteiger partial charge in [0.15, 0.2) is 0 Å². The van der Waals surface area contributed by atoms with Gasteiger partial charge in [0.05, 0.1) is 23.6 Å². The Morgan fingerprint density at radius 2 is 1.81 bits per heavy atom. The smallest absolute Gasteiger partial charge is 0.249 e. The van der Waals surface area contributed by atoms with E-state index in [1.807, 2.05) is 83.3 Å². The summed E-state index contributed by atoms with van der Waals surface area (Å²) in [7, 11) is -2.38. The van der Waals surface area contributed by atoms with Crippen molar-refractivity contribution in [2.24, 2.45) is 0 Å². The SMILES string of the molecule is CSc1ccc2c(c1)CC[C@@H](NC(=O)CC(C)(C)NC[C@@H](C)O)C(=O)N2Cc1ccc(C2=CC=CC(=S(=O)=O)C2NC(C)(C)C)cc1. The van der Waals surface area contributed by atoms with Crippen molar-refractivity contribution in [1.29, 1.82) is 0 Å². The number of β-amino-alcohol motifs (C(OH)–C–C–N with tert-alkyl or cyclic N) is 1. The second-order valence-corrected chi connectivity index (χ2v) is 15.8. The van der Waals surface area contributed by atoms with Crippen molar-refractivity contribution in [2.45, 2.75) is 102 Å². The van der Waals surface area contributed by atoms with Crippen molar-refractivity contribution in [3.8, 4) is 0 Å². The van der Waals surface area contributed by atoms with Crippen LogP contribution >= 0.6 is 11.8 Å². The van der Waals surface area contributed by atoms with Crippen molar-refractivity contribution in [3.05, 3.63) is 77.4 Å². The number of hydrogen-bond acceptors (Lipinski definition) is 8. The fraction of sp³-hybridized carbons (Fsp3) is 0.472. The lowest BCUT2D eigenvalue weighted by atomic mass is 9.90. The van der Waals surface area contributed by atoms with Crippen LogP contribution in [0.5, 0.6) is 0 Å². The van der Waals surface area contributed by atoms with Crippen LogP contribution in [0.4, 0.5) is 5.69 Å². The molecule has 0 aromatic heterocycles. The summed E-state index contributed by atoms with van der Waals surface area (Å²) in [6, 6.07) is 12.8. The third-order valence-corrected chi connectivity index (χ3v) is 9.67. The van der Waals surface area contributed by atoms with E-state index < -0.39 is 34.0 Å². The van der Waals surface area contributed by atoms with E-state index in [0.717, 1.165) is 32.8 Å². The molecular formula is C36H48N4O5S2.